The summed E-state index contributed by atoms with van der Waals surface area (Å²) in [6.07, 6.45) is 3.60. The number of nitrogens with one attached hydrogen (secondary N) is 2. The van der Waals surface area contributed by atoms with Gasteiger partial charge in [0.05, 0.1) is 12.5 Å². The van der Waals surface area contributed by atoms with E-state index in [-0.39, 0.29) is 34.0 Å². The van der Waals surface area contributed by atoms with E-state index in [9.17, 15) is 4.79 Å². The molecule has 1 aromatic rings. The van der Waals surface area contributed by atoms with Crippen molar-refractivity contribution in [1.29, 1.82) is 0 Å². The first-order chi connectivity index (χ1) is 3.93. The molecular formula is C4H7Br2N3O. The number of hydrogen-bond donors (Lipinski definition) is 2. The van der Waals surface area contributed by atoms with Gasteiger partial charge in [0.2, 0.25) is 6.41 Å². The molecule has 1 amide bonds. The lowest BCUT2D eigenvalue weighted by molar-refractivity contribution is -0.105. The molecule has 1 aromatic heterocycles. The Hall–Kier alpha value is -0.360. The van der Waals surface area contributed by atoms with Crippen molar-refractivity contribution < 1.29 is 4.79 Å². The Kier molecular flexibility index (Phi) is 8.33. The van der Waals surface area contributed by atoms with E-state index in [1.165, 1.54) is 12.5 Å². The largest absolute Gasteiger partial charge is 0.331 e. The van der Waals surface area contributed by atoms with Crippen LogP contribution in [0.25, 0.3) is 0 Å². The number of anilines is 1. The van der Waals surface area contributed by atoms with E-state index >= 15 is 0 Å². The van der Waals surface area contributed by atoms with Crippen LogP contribution in [0.3, 0.4) is 0 Å². The normalized spacial score (nSPS) is 6.80. The van der Waals surface area contributed by atoms with E-state index < -0.39 is 0 Å². The molecule has 0 saturated carbocycles. The van der Waals surface area contributed by atoms with Crippen molar-refractivity contribution in [1.82, 2.24) is 9.97 Å². The molecule has 0 aliphatic rings. The van der Waals surface area contributed by atoms with Crippen LogP contribution in [0.2, 0.25) is 0 Å². The Balaban J connectivity index is 0. The van der Waals surface area contributed by atoms with Crippen molar-refractivity contribution in [2.24, 2.45) is 0 Å². The zero-order chi connectivity index (χ0) is 5.82. The highest BCUT2D eigenvalue weighted by molar-refractivity contribution is 8.93. The van der Waals surface area contributed by atoms with Gasteiger partial charge in [-0.2, -0.15) is 0 Å². The summed E-state index contributed by atoms with van der Waals surface area (Å²) in [5.41, 5.74) is 0. The van der Waals surface area contributed by atoms with E-state index in [2.05, 4.69) is 15.3 Å². The van der Waals surface area contributed by atoms with Crippen molar-refractivity contribution in [3.63, 3.8) is 0 Å². The summed E-state index contributed by atoms with van der Waals surface area (Å²) in [5, 5.41) is 2.39. The summed E-state index contributed by atoms with van der Waals surface area (Å²) in [6, 6.07) is 0. The SMILES string of the molecule is Br.Br.O=CNc1cnc[nH]1. The summed E-state index contributed by atoms with van der Waals surface area (Å²) >= 11 is 0. The van der Waals surface area contributed by atoms with Gasteiger partial charge in [0.15, 0.2) is 0 Å². The van der Waals surface area contributed by atoms with E-state index in [4.69, 9.17) is 0 Å². The predicted octanol–water partition coefficient (Wildman–Crippen LogP) is 1.13. The molecule has 0 aliphatic carbocycles. The number of hydrogen-bond acceptors (Lipinski definition) is 2. The summed E-state index contributed by atoms with van der Waals surface area (Å²) in [4.78, 5) is 16.1. The fourth-order valence-corrected chi connectivity index (χ4v) is 0.398. The molecule has 0 spiro atoms. The maximum Gasteiger partial charge on any atom is 0.212 e. The van der Waals surface area contributed by atoms with Crippen LogP contribution < -0.4 is 5.32 Å². The molecule has 0 atom stereocenters. The average Bonchev–Trinajstić information content (AvgIpc) is 2.19. The van der Waals surface area contributed by atoms with Gasteiger partial charge < -0.3 is 10.3 Å². The molecule has 0 fully saturated rings. The predicted molar refractivity (Wildman–Crippen MR) is 48.9 cm³/mol. The molecule has 0 saturated heterocycles. The highest BCUT2D eigenvalue weighted by atomic mass is 79.9. The number of H-pyrrole nitrogens is 1. The molecule has 1 rings (SSSR count). The van der Waals surface area contributed by atoms with Crippen molar-refractivity contribution in [2.45, 2.75) is 0 Å². The Morgan fingerprint density at radius 2 is 2.30 bits per heavy atom. The van der Waals surface area contributed by atoms with Crippen LogP contribution in [0, 0.1) is 0 Å². The number of rotatable bonds is 2. The minimum absolute atomic E-state index is 0. The molecule has 0 bridgehead atoms. The molecule has 10 heavy (non-hydrogen) atoms. The zero-order valence-electron chi connectivity index (χ0n) is 4.90. The third-order valence-electron chi connectivity index (χ3n) is 0.713. The van der Waals surface area contributed by atoms with Crippen LogP contribution in [0.4, 0.5) is 5.82 Å². The Morgan fingerprint density at radius 1 is 1.60 bits per heavy atom. The minimum Gasteiger partial charge on any atom is -0.331 e. The zero-order valence-corrected chi connectivity index (χ0v) is 8.33. The maximum absolute atomic E-state index is 9.71. The van der Waals surface area contributed by atoms with Gasteiger partial charge in [-0.15, -0.1) is 34.0 Å². The van der Waals surface area contributed by atoms with E-state index in [0.29, 0.717) is 12.2 Å². The Morgan fingerprint density at radius 3 is 2.70 bits per heavy atom. The lowest BCUT2D eigenvalue weighted by Crippen LogP contribution is -1.92. The highest BCUT2D eigenvalue weighted by Crippen LogP contribution is 1.93. The Bertz CT molecular complexity index is 165. The van der Waals surface area contributed by atoms with Gasteiger partial charge in [-0.25, -0.2) is 4.98 Å². The number of carbonyl (C=O) groups is 1. The third kappa shape index (κ3) is 3.62. The number of aromatic amines is 1. The van der Waals surface area contributed by atoms with Gasteiger partial charge in [-0.3, -0.25) is 4.79 Å². The molecule has 0 aromatic carbocycles. The standard InChI is InChI=1S/C4H5N3O.2BrH/c8-3-7-4-1-5-2-6-4;;/h1-3H,(H,5,6)(H,7,8);2*1H. The molecule has 1 heterocycles. The number of amides is 1. The summed E-state index contributed by atoms with van der Waals surface area (Å²) < 4.78 is 0. The third-order valence-corrected chi connectivity index (χ3v) is 0.713. The number of carbonyl (C=O) groups excluding carboxylic acids is 1. The van der Waals surface area contributed by atoms with Crippen molar-refractivity contribution in [2.75, 3.05) is 5.32 Å². The second-order valence-electron chi connectivity index (χ2n) is 1.23. The lowest BCUT2D eigenvalue weighted by atomic mass is 10.8. The van der Waals surface area contributed by atoms with Gasteiger partial charge in [-0.05, 0) is 0 Å². The quantitative estimate of drug-likeness (QED) is 0.793. The second-order valence-corrected chi connectivity index (χ2v) is 1.23. The number of nitrogens with zero attached hydrogens (tertiary/aromatic N) is 1. The molecule has 2 N–H and O–H groups in total. The van der Waals surface area contributed by atoms with Crippen molar-refractivity contribution in [3.05, 3.63) is 12.5 Å². The topological polar surface area (TPSA) is 57.8 Å². The minimum atomic E-state index is 0. The summed E-state index contributed by atoms with van der Waals surface area (Å²) in [7, 11) is 0. The van der Waals surface area contributed by atoms with Crippen molar-refractivity contribution >= 4 is 46.2 Å². The van der Waals surface area contributed by atoms with Crippen LogP contribution in [-0.2, 0) is 4.79 Å². The van der Waals surface area contributed by atoms with E-state index in [1.807, 2.05) is 0 Å². The first kappa shape index (κ1) is 12.3. The molecule has 4 nitrogen and oxygen atoms in total. The average molecular weight is 273 g/mol. The number of halogens is 2. The molecular weight excluding hydrogens is 266 g/mol. The molecule has 6 heteroatoms. The highest BCUT2D eigenvalue weighted by Gasteiger charge is 1.84. The van der Waals surface area contributed by atoms with Crippen LogP contribution in [0.1, 0.15) is 0 Å². The van der Waals surface area contributed by atoms with Crippen LogP contribution in [-0.4, -0.2) is 16.4 Å². The van der Waals surface area contributed by atoms with E-state index in [1.54, 1.807) is 0 Å². The van der Waals surface area contributed by atoms with Crippen LogP contribution in [0.15, 0.2) is 12.5 Å². The van der Waals surface area contributed by atoms with Crippen molar-refractivity contribution in [3.8, 4) is 0 Å². The fourth-order valence-electron chi connectivity index (χ4n) is 0.398. The van der Waals surface area contributed by atoms with Gasteiger partial charge >= 0.3 is 0 Å². The van der Waals surface area contributed by atoms with Gasteiger partial charge in [0.1, 0.15) is 5.82 Å². The van der Waals surface area contributed by atoms with E-state index in [0.717, 1.165) is 0 Å². The maximum atomic E-state index is 9.71. The molecule has 0 radical (unpaired) electrons. The Labute approximate surface area is 79.0 Å². The first-order valence-electron chi connectivity index (χ1n) is 2.12. The summed E-state index contributed by atoms with van der Waals surface area (Å²) in [6.45, 7) is 0. The van der Waals surface area contributed by atoms with Crippen LogP contribution in [0.5, 0.6) is 0 Å². The van der Waals surface area contributed by atoms with Gasteiger partial charge in [0.25, 0.3) is 0 Å². The first-order valence-corrected chi connectivity index (χ1v) is 2.12. The molecule has 0 unspecified atom stereocenters. The smallest absolute Gasteiger partial charge is 0.212 e. The van der Waals surface area contributed by atoms with Crippen LogP contribution >= 0.6 is 34.0 Å². The molecule has 58 valence electrons. The van der Waals surface area contributed by atoms with Gasteiger partial charge in [0, 0.05) is 0 Å². The van der Waals surface area contributed by atoms with Gasteiger partial charge in [-0.1, -0.05) is 0 Å². The number of imidazole rings is 1. The lowest BCUT2D eigenvalue weighted by Gasteiger charge is -1.85. The summed E-state index contributed by atoms with van der Waals surface area (Å²) in [5.74, 6) is 0.611. The molecule has 0 aliphatic heterocycles. The number of aromatic nitrogens is 2. The monoisotopic (exact) mass is 271 g/mol. The fraction of sp³-hybridized carbons (Fsp3) is 0. The second kappa shape index (κ2) is 6.76.